The summed E-state index contributed by atoms with van der Waals surface area (Å²) in [6.07, 6.45) is 1.57. The number of hydrogen-bond acceptors (Lipinski definition) is 2. The van der Waals surface area contributed by atoms with E-state index in [1.54, 1.807) is 0 Å². The van der Waals surface area contributed by atoms with Crippen LogP contribution in [-0.4, -0.2) is 21.4 Å². The molecule has 1 N–H and O–H groups in total. The van der Waals surface area contributed by atoms with Crippen molar-refractivity contribution < 1.29 is 9.84 Å². The Morgan fingerprint density at radius 3 is 2.67 bits per heavy atom. The van der Waals surface area contributed by atoms with E-state index in [0.29, 0.717) is 0 Å². The van der Waals surface area contributed by atoms with Gasteiger partial charge in [0, 0.05) is 6.42 Å². The quantitative estimate of drug-likeness (QED) is 0.554. The van der Waals surface area contributed by atoms with E-state index in [1.165, 1.54) is 0 Å². The topological polar surface area (TPSA) is 29.5 Å². The SMILES string of the molecule is CCC1OC(I)CC1O. The second-order valence-corrected chi connectivity index (χ2v) is 3.69. The van der Waals surface area contributed by atoms with Crippen molar-refractivity contribution >= 4 is 22.6 Å². The molecule has 9 heavy (non-hydrogen) atoms. The molecule has 1 heterocycles. The molecule has 1 aliphatic heterocycles. The normalized spacial score (nSPS) is 43.7. The van der Waals surface area contributed by atoms with Crippen molar-refractivity contribution in [1.82, 2.24) is 0 Å². The van der Waals surface area contributed by atoms with Gasteiger partial charge in [-0.05, 0) is 6.42 Å². The molecule has 0 radical (unpaired) electrons. The van der Waals surface area contributed by atoms with Crippen molar-refractivity contribution in [2.45, 2.75) is 36.1 Å². The summed E-state index contributed by atoms with van der Waals surface area (Å²) in [6, 6.07) is 0. The highest BCUT2D eigenvalue weighted by atomic mass is 127. The smallest absolute Gasteiger partial charge is 0.111 e. The van der Waals surface area contributed by atoms with Crippen LogP contribution in [0.2, 0.25) is 0 Å². The Bertz CT molecular complexity index is 97.1. The average molecular weight is 242 g/mol. The van der Waals surface area contributed by atoms with Crippen molar-refractivity contribution in [3.63, 3.8) is 0 Å². The zero-order valence-corrected chi connectivity index (χ0v) is 7.54. The zero-order chi connectivity index (χ0) is 6.85. The molecule has 1 rings (SSSR count). The fourth-order valence-electron chi connectivity index (χ4n) is 1.05. The first-order chi connectivity index (χ1) is 4.24. The molecule has 0 spiro atoms. The zero-order valence-electron chi connectivity index (χ0n) is 5.38. The van der Waals surface area contributed by atoms with Crippen LogP contribution in [0.1, 0.15) is 19.8 Å². The number of ether oxygens (including phenoxy) is 1. The van der Waals surface area contributed by atoms with E-state index in [2.05, 4.69) is 22.6 Å². The number of alkyl halides is 1. The Morgan fingerprint density at radius 2 is 2.44 bits per heavy atom. The summed E-state index contributed by atoms with van der Waals surface area (Å²) in [5, 5.41) is 9.23. The largest absolute Gasteiger partial charge is 0.390 e. The van der Waals surface area contributed by atoms with Gasteiger partial charge in [0.05, 0.1) is 12.2 Å². The van der Waals surface area contributed by atoms with Crippen molar-refractivity contribution in [3.8, 4) is 0 Å². The predicted molar refractivity (Wildman–Crippen MR) is 43.6 cm³/mol. The molecule has 1 aliphatic rings. The van der Waals surface area contributed by atoms with Crippen LogP contribution in [0.15, 0.2) is 0 Å². The maximum absolute atomic E-state index is 9.23. The van der Waals surface area contributed by atoms with Gasteiger partial charge in [-0.1, -0.05) is 29.5 Å². The Kier molecular flexibility index (Phi) is 2.73. The molecule has 0 saturated carbocycles. The summed E-state index contributed by atoms with van der Waals surface area (Å²) in [5.41, 5.74) is 0. The van der Waals surface area contributed by atoms with Gasteiger partial charge in [0.25, 0.3) is 0 Å². The Labute approximate surface area is 68.7 Å². The summed E-state index contributed by atoms with van der Waals surface area (Å²) in [5.74, 6) is 0. The maximum atomic E-state index is 9.23. The van der Waals surface area contributed by atoms with Gasteiger partial charge in [-0.2, -0.15) is 0 Å². The minimum Gasteiger partial charge on any atom is -0.390 e. The third kappa shape index (κ3) is 1.78. The van der Waals surface area contributed by atoms with Crippen LogP contribution in [0.25, 0.3) is 0 Å². The van der Waals surface area contributed by atoms with E-state index < -0.39 is 0 Å². The molecular weight excluding hydrogens is 231 g/mol. The summed E-state index contributed by atoms with van der Waals surface area (Å²) in [6.45, 7) is 2.03. The van der Waals surface area contributed by atoms with E-state index in [9.17, 15) is 5.11 Å². The highest BCUT2D eigenvalue weighted by molar-refractivity contribution is 14.1. The van der Waals surface area contributed by atoms with Gasteiger partial charge >= 0.3 is 0 Å². The highest BCUT2D eigenvalue weighted by Crippen LogP contribution is 2.26. The lowest BCUT2D eigenvalue weighted by Crippen LogP contribution is -2.18. The van der Waals surface area contributed by atoms with Gasteiger partial charge < -0.3 is 9.84 Å². The first-order valence-corrected chi connectivity index (χ1v) is 4.46. The fraction of sp³-hybridized carbons (Fsp3) is 1.00. The molecular formula is C6H11IO2. The highest BCUT2D eigenvalue weighted by Gasteiger charge is 2.30. The molecule has 1 saturated heterocycles. The third-order valence-electron chi connectivity index (χ3n) is 1.58. The van der Waals surface area contributed by atoms with E-state index in [4.69, 9.17) is 4.74 Å². The second-order valence-electron chi connectivity index (χ2n) is 2.30. The Hall–Kier alpha value is 0.650. The molecule has 0 bridgehead atoms. The maximum Gasteiger partial charge on any atom is 0.111 e. The third-order valence-corrected chi connectivity index (χ3v) is 2.38. The van der Waals surface area contributed by atoms with Crippen molar-refractivity contribution in [2.75, 3.05) is 0 Å². The molecule has 0 aliphatic carbocycles. The monoisotopic (exact) mass is 242 g/mol. The number of aliphatic hydroxyl groups excluding tert-OH is 1. The van der Waals surface area contributed by atoms with E-state index in [-0.39, 0.29) is 16.3 Å². The fourth-order valence-corrected chi connectivity index (χ4v) is 1.94. The van der Waals surface area contributed by atoms with Gasteiger partial charge in [0.15, 0.2) is 0 Å². The Balaban J connectivity index is 2.38. The van der Waals surface area contributed by atoms with E-state index >= 15 is 0 Å². The van der Waals surface area contributed by atoms with Crippen LogP contribution in [0.4, 0.5) is 0 Å². The van der Waals surface area contributed by atoms with Crippen LogP contribution >= 0.6 is 22.6 Å². The molecule has 0 aromatic rings. The van der Waals surface area contributed by atoms with Crippen LogP contribution in [0.5, 0.6) is 0 Å². The van der Waals surface area contributed by atoms with Gasteiger partial charge in [-0.25, -0.2) is 0 Å². The first kappa shape index (κ1) is 7.75. The van der Waals surface area contributed by atoms with Gasteiger partial charge in [-0.15, -0.1) is 0 Å². The lowest BCUT2D eigenvalue weighted by Gasteiger charge is -2.09. The first-order valence-electron chi connectivity index (χ1n) is 3.21. The van der Waals surface area contributed by atoms with Crippen LogP contribution in [0.3, 0.4) is 0 Å². The minimum absolute atomic E-state index is 0.0897. The molecule has 0 amide bonds. The average Bonchev–Trinajstić information content (AvgIpc) is 2.10. The van der Waals surface area contributed by atoms with Crippen LogP contribution in [0, 0.1) is 0 Å². The van der Waals surface area contributed by atoms with Crippen molar-refractivity contribution in [1.29, 1.82) is 0 Å². The summed E-state index contributed by atoms with van der Waals surface area (Å²) in [7, 11) is 0. The number of halogens is 1. The molecule has 54 valence electrons. The molecule has 3 heteroatoms. The minimum atomic E-state index is -0.225. The van der Waals surface area contributed by atoms with E-state index in [1.807, 2.05) is 6.92 Å². The lowest BCUT2D eigenvalue weighted by atomic mass is 10.1. The van der Waals surface area contributed by atoms with Crippen LogP contribution in [-0.2, 0) is 4.74 Å². The summed E-state index contributed by atoms with van der Waals surface area (Å²) >= 11 is 2.20. The summed E-state index contributed by atoms with van der Waals surface area (Å²) in [4.78, 5) is 0. The molecule has 3 atom stereocenters. The van der Waals surface area contributed by atoms with Crippen molar-refractivity contribution in [3.05, 3.63) is 0 Å². The van der Waals surface area contributed by atoms with Gasteiger partial charge in [-0.3, -0.25) is 0 Å². The van der Waals surface area contributed by atoms with Gasteiger partial charge in [0.1, 0.15) is 4.11 Å². The number of aliphatic hydroxyl groups is 1. The van der Waals surface area contributed by atoms with E-state index in [0.717, 1.165) is 12.8 Å². The van der Waals surface area contributed by atoms with Gasteiger partial charge in [0.2, 0.25) is 0 Å². The second kappa shape index (κ2) is 3.16. The molecule has 3 unspecified atom stereocenters. The van der Waals surface area contributed by atoms with Crippen molar-refractivity contribution in [2.24, 2.45) is 0 Å². The predicted octanol–water partition coefficient (Wildman–Crippen LogP) is 1.31. The molecule has 1 fully saturated rings. The molecule has 0 aromatic heterocycles. The number of hydrogen-bond donors (Lipinski definition) is 1. The van der Waals surface area contributed by atoms with Crippen LogP contribution < -0.4 is 0 Å². The number of rotatable bonds is 1. The summed E-state index contributed by atoms with van der Waals surface area (Å²) < 4.78 is 5.58. The standard InChI is InChI=1S/C6H11IO2/c1-2-5-4(8)3-6(7)9-5/h4-6,8H,2-3H2,1H3. The molecule has 0 aromatic carbocycles. The lowest BCUT2D eigenvalue weighted by molar-refractivity contribution is 0.0360. The molecule has 2 nitrogen and oxygen atoms in total. The Morgan fingerprint density at radius 1 is 1.78 bits per heavy atom.